The monoisotopic (exact) mass is 407 g/mol. The molecule has 0 atom stereocenters. The highest BCUT2D eigenvalue weighted by Gasteiger charge is 2.33. The van der Waals surface area contributed by atoms with Gasteiger partial charge in [-0.25, -0.2) is 0 Å². The molecule has 7 heteroatoms. The molecular weight excluding hydrogens is 379 g/mol. The summed E-state index contributed by atoms with van der Waals surface area (Å²) in [6, 6.07) is 3.37. The molecule has 1 aromatic heterocycles. The zero-order valence-electron chi connectivity index (χ0n) is 17.1. The Balaban J connectivity index is 1.69. The first-order chi connectivity index (χ1) is 13.6. The van der Waals surface area contributed by atoms with E-state index < -0.39 is 17.6 Å². The van der Waals surface area contributed by atoms with E-state index in [0.29, 0.717) is 17.4 Å². The van der Waals surface area contributed by atoms with Gasteiger partial charge in [-0.05, 0) is 73.6 Å². The van der Waals surface area contributed by atoms with Crippen molar-refractivity contribution in [2.24, 2.45) is 11.7 Å². The van der Waals surface area contributed by atoms with Crippen LogP contribution in [0, 0.1) is 12.8 Å². The average molecular weight is 407 g/mol. The van der Waals surface area contributed by atoms with Crippen molar-refractivity contribution >= 4 is 5.91 Å². The summed E-state index contributed by atoms with van der Waals surface area (Å²) >= 11 is 0. The first-order valence-electron chi connectivity index (χ1n) is 10.1. The molecule has 0 radical (unpaired) electrons. The van der Waals surface area contributed by atoms with E-state index >= 15 is 0 Å². The second-order valence-electron chi connectivity index (χ2n) is 8.46. The van der Waals surface area contributed by atoms with Gasteiger partial charge in [0.15, 0.2) is 0 Å². The Bertz CT molecular complexity index is 878. The summed E-state index contributed by atoms with van der Waals surface area (Å²) in [4.78, 5) is 11.8. The van der Waals surface area contributed by atoms with Gasteiger partial charge in [0.1, 0.15) is 0 Å². The normalized spacial score (nSPS) is 20.2. The number of nitrogens with zero attached hydrogens (tertiary/aromatic N) is 2. The number of halogens is 3. The minimum atomic E-state index is -4.49. The molecule has 29 heavy (non-hydrogen) atoms. The molecule has 0 unspecified atom stereocenters. The predicted molar refractivity (Wildman–Crippen MR) is 106 cm³/mol. The van der Waals surface area contributed by atoms with E-state index in [0.717, 1.165) is 50.1 Å². The quantitative estimate of drug-likeness (QED) is 0.721. The van der Waals surface area contributed by atoms with Crippen LogP contribution in [0.2, 0.25) is 0 Å². The topological polar surface area (TPSA) is 60.9 Å². The zero-order chi connectivity index (χ0) is 21.3. The minimum Gasteiger partial charge on any atom is -0.366 e. The zero-order valence-corrected chi connectivity index (χ0v) is 17.1. The van der Waals surface area contributed by atoms with E-state index in [-0.39, 0.29) is 11.5 Å². The number of primary amides is 1. The van der Waals surface area contributed by atoms with E-state index in [4.69, 9.17) is 10.8 Å². The molecule has 4 nitrogen and oxygen atoms in total. The molecule has 3 rings (SSSR count). The van der Waals surface area contributed by atoms with E-state index in [1.54, 1.807) is 0 Å². The minimum absolute atomic E-state index is 0.00690. The van der Waals surface area contributed by atoms with Gasteiger partial charge in [-0.3, -0.25) is 9.48 Å². The predicted octanol–water partition coefficient (Wildman–Crippen LogP) is 5.41. The van der Waals surface area contributed by atoms with Crippen molar-refractivity contribution in [2.75, 3.05) is 0 Å². The molecule has 0 aliphatic heterocycles. The van der Waals surface area contributed by atoms with E-state index in [1.807, 2.05) is 4.68 Å². The molecule has 1 fully saturated rings. The van der Waals surface area contributed by atoms with Gasteiger partial charge in [-0.15, -0.1) is 0 Å². The Morgan fingerprint density at radius 1 is 1.24 bits per heavy atom. The van der Waals surface area contributed by atoms with Gasteiger partial charge in [-0.2, -0.15) is 18.3 Å². The number of alkyl halides is 3. The number of carbonyl (C=O) groups excluding carboxylic acids is 1. The molecule has 2 N–H and O–H groups in total. The second kappa shape index (κ2) is 8.20. The Hall–Kier alpha value is -2.31. The molecule has 0 saturated heterocycles. The number of nitrogens with two attached hydrogens (primary N) is 1. The lowest BCUT2D eigenvalue weighted by Crippen LogP contribution is -2.22. The SMILES string of the molecule is Cc1cn(CC2CCC(c3ccc(C(F)(F)F)cc3C(N)=O)CC2)nc1C(C)C. The summed E-state index contributed by atoms with van der Waals surface area (Å²) in [6.45, 7) is 7.18. The van der Waals surface area contributed by atoms with Crippen molar-refractivity contribution in [2.45, 2.75) is 71.0 Å². The fraction of sp³-hybridized carbons (Fsp3) is 0.545. The van der Waals surface area contributed by atoms with Gasteiger partial charge in [0.2, 0.25) is 5.91 Å². The highest BCUT2D eigenvalue weighted by molar-refractivity contribution is 5.94. The molecule has 1 amide bonds. The van der Waals surface area contributed by atoms with Crippen LogP contribution in [0.25, 0.3) is 0 Å². The maximum absolute atomic E-state index is 13.0. The van der Waals surface area contributed by atoms with Crippen molar-refractivity contribution < 1.29 is 18.0 Å². The summed E-state index contributed by atoms with van der Waals surface area (Å²) in [5.41, 5.74) is 7.50. The lowest BCUT2D eigenvalue weighted by atomic mass is 9.77. The van der Waals surface area contributed by atoms with Crippen LogP contribution in [0.3, 0.4) is 0 Å². The highest BCUT2D eigenvalue weighted by Crippen LogP contribution is 2.39. The Morgan fingerprint density at radius 3 is 2.41 bits per heavy atom. The van der Waals surface area contributed by atoms with Crippen LogP contribution < -0.4 is 5.73 Å². The van der Waals surface area contributed by atoms with Crippen molar-refractivity contribution in [3.05, 3.63) is 52.3 Å². The Kier molecular flexibility index (Phi) is 6.05. The van der Waals surface area contributed by atoms with E-state index in [1.165, 1.54) is 11.6 Å². The van der Waals surface area contributed by atoms with Gasteiger partial charge in [0.25, 0.3) is 0 Å². The van der Waals surface area contributed by atoms with Crippen molar-refractivity contribution in [3.63, 3.8) is 0 Å². The molecule has 158 valence electrons. The van der Waals surface area contributed by atoms with Crippen molar-refractivity contribution in [1.29, 1.82) is 0 Å². The third-order valence-corrected chi connectivity index (χ3v) is 5.91. The Labute approximate surface area is 169 Å². The molecule has 1 aromatic carbocycles. The molecule has 1 saturated carbocycles. The van der Waals surface area contributed by atoms with Crippen LogP contribution in [0.4, 0.5) is 13.2 Å². The van der Waals surface area contributed by atoms with E-state index in [2.05, 4.69) is 27.0 Å². The Morgan fingerprint density at radius 2 is 1.90 bits per heavy atom. The molecular formula is C22H28F3N3O. The maximum Gasteiger partial charge on any atom is 0.416 e. The largest absolute Gasteiger partial charge is 0.416 e. The molecule has 1 aliphatic carbocycles. The fourth-order valence-electron chi connectivity index (χ4n) is 4.42. The summed E-state index contributed by atoms with van der Waals surface area (Å²) in [5.74, 6) is 0.110. The highest BCUT2D eigenvalue weighted by atomic mass is 19.4. The summed E-state index contributed by atoms with van der Waals surface area (Å²) in [7, 11) is 0. The number of carbonyl (C=O) groups is 1. The number of amides is 1. The first kappa shape index (κ1) is 21.4. The van der Waals surface area contributed by atoms with Crippen LogP contribution in [0.1, 0.15) is 84.1 Å². The number of hydrogen-bond donors (Lipinski definition) is 1. The number of aromatic nitrogens is 2. The smallest absolute Gasteiger partial charge is 0.366 e. The standard InChI is InChI=1S/C22H28F3N3O/c1-13(2)20-14(3)11-28(27-20)12-15-4-6-16(7-5-15)18-9-8-17(22(23,24)25)10-19(18)21(26)29/h8-11,13,15-16H,4-7,12H2,1-3H3,(H2,26,29). The van der Waals surface area contributed by atoms with Crippen LogP contribution >= 0.6 is 0 Å². The first-order valence-corrected chi connectivity index (χ1v) is 10.1. The number of benzene rings is 1. The summed E-state index contributed by atoms with van der Waals surface area (Å²) in [6.07, 6.45) is 1.14. The molecule has 1 heterocycles. The third kappa shape index (κ3) is 4.82. The summed E-state index contributed by atoms with van der Waals surface area (Å²) < 4.78 is 41.0. The second-order valence-corrected chi connectivity index (χ2v) is 8.46. The van der Waals surface area contributed by atoms with Gasteiger partial charge < -0.3 is 5.73 Å². The molecule has 2 aromatic rings. The van der Waals surface area contributed by atoms with Gasteiger partial charge >= 0.3 is 6.18 Å². The number of aryl methyl sites for hydroxylation is 1. The van der Waals surface area contributed by atoms with Crippen molar-refractivity contribution in [1.82, 2.24) is 9.78 Å². The lowest BCUT2D eigenvalue weighted by Gasteiger charge is -2.30. The third-order valence-electron chi connectivity index (χ3n) is 5.91. The number of rotatable bonds is 5. The van der Waals surface area contributed by atoms with Gasteiger partial charge in [0, 0.05) is 18.3 Å². The van der Waals surface area contributed by atoms with Crippen LogP contribution in [-0.4, -0.2) is 15.7 Å². The maximum atomic E-state index is 13.0. The van der Waals surface area contributed by atoms with Crippen LogP contribution in [-0.2, 0) is 12.7 Å². The summed E-state index contributed by atoms with van der Waals surface area (Å²) in [5, 5.41) is 4.70. The van der Waals surface area contributed by atoms with E-state index in [9.17, 15) is 18.0 Å². The molecule has 1 aliphatic rings. The number of hydrogen-bond acceptors (Lipinski definition) is 2. The molecule has 0 bridgehead atoms. The van der Waals surface area contributed by atoms with Crippen LogP contribution in [0.15, 0.2) is 24.4 Å². The lowest BCUT2D eigenvalue weighted by molar-refractivity contribution is -0.137. The van der Waals surface area contributed by atoms with Crippen LogP contribution in [0.5, 0.6) is 0 Å². The fourth-order valence-corrected chi connectivity index (χ4v) is 4.42. The van der Waals surface area contributed by atoms with Crippen molar-refractivity contribution in [3.8, 4) is 0 Å². The van der Waals surface area contributed by atoms with Gasteiger partial charge in [0.05, 0.1) is 11.3 Å². The molecule has 0 spiro atoms. The average Bonchev–Trinajstić information content (AvgIpc) is 3.01. The van der Waals surface area contributed by atoms with Gasteiger partial charge in [-0.1, -0.05) is 19.9 Å².